The number of urea groups is 1. The fraction of sp³-hybridized carbons (Fsp3) is 0.867. The van der Waals surface area contributed by atoms with Crippen LogP contribution in [0.15, 0.2) is 0 Å². The number of hydrogen-bond acceptors (Lipinski definition) is 3. The molecule has 0 aromatic carbocycles. The van der Waals surface area contributed by atoms with Crippen LogP contribution in [0.2, 0.25) is 0 Å². The molecule has 0 aliphatic carbocycles. The molecule has 0 bridgehead atoms. The van der Waals surface area contributed by atoms with Crippen molar-refractivity contribution in [2.24, 2.45) is 11.8 Å². The maximum absolute atomic E-state index is 12.3. The van der Waals surface area contributed by atoms with Crippen LogP contribution in [0.25, 0.3) is 0 Å². The topological polar surface area (TPSA) is 78.9 Å². The maximum Gasteiger partial charge on any atom is 0.334 e. The molecule has 0 saturated carbocycles. The SMILES string of the molecule is CC(C)CC(CC(C)C)NC(=O)N1CCOC(C(=O)O)C1. The minimum Gasteiger partial charge on any atom is -0.479 e. The average molecular weight is 300 g/mol. The van der Waals surface area contributed by atoms with Crippen molar-refractivity contribution in [3.8, 4) is 0 Å². The second kappa shape index (κ2) is 8.22. The molecule has 1 fully saturated rings. The lowest BCUT2D eigenvalue weighted by Crippen LogP contribution is -2.53. The van der Waals surface area contributed by atoms with Crippen molar-refractivity contribution < 1.29 is 19.4 Å². The van der Waals surface area contributed by atoms with Gasteiger partial charge in [0.15, 0.2) is 6.10 Å². The van der Waals surface area contributed by atoms with Gasteiger partial charge in [-0.3, -0.25) is 0 Å². The molecule has 2 amide bonds. The van der Waals surface area contributed by atoms with E-state index >= 15 is 0 Å². The van der Waals surface area contributed by atoms with Crippen LogP contribution < -0.4 is 5.32 Å². The number of morpholine rings is 1. The normalized spacial score (nSPS) is 19.4. The van der Waals surface area contributed by atoms with Crippen molar-refractivity contribution in [1.82, 2.24) is 10.2 Å². The van der Waals surface area contributed by atoms with Crippen molar-refractivity contribution in [2.45, 2.75) is 52.7 Å². The summed E-state index contributed by atoms with van der Waals surface area (Å²) < 4.78 is 5.13. The lowest BCUT2D eigenvalue weighted by Gasteiger charge is -2.33. The van der Waals surface area contributed by atoms with Gasteiger partial charge in [0.2, 0.25) is 0 Å². The zero-order valence-corrected chi connectivity index (χ0v) is 13.5. The van der Waals surface area contributed by atoms with E-state index in [4.69, 9.17) is 9.84 Å². The predicted octanol–water partition coefficient (Wildman–Crippen LogP) is 1.94. The van der Waals surface area contributed by atoms with Crippen LogP contribution in [0.5, 0.6) is 0 Å². The van der Waals surface area contributed by atoms with Gasteiger partial charge < -0.3 is 20.1 Å². The number of carbonyl (C=O) groups excluding carboxylic acids is 1. The molecular weight excluding hydrogens is 272 g/mol. The smallest absolute Gasteiger partial charge is 0.334 e. The third-order valence-electron chi connectivity index (χ3n) is 3.47. The Kier molecular flexibility index (Phi) is 6.95. The third kappa shape index (κ3) is 6.33. The van der Waals surface area contributed by atoms with Gasteiger partial charge in [-0.1, -0.05) is 27.7 Å². The van der Waals surface area contributed by atoms with E-state index in [1.807, 2.05) is 0 Å². The van der Waals surface area contributed by atoms with Gasteiger partial charge in [-0.05, 0) is 24.7 Å². The van der Waals surface area contributed by atoms with Crippen molar-refractivity contribution in [3.63, 3.8) is 0 Å². The van der Waals surface area contributed by atoms with Crippen molar-refractivity contribution in [3.05, 3.63) is 0 Å². The molecule has 1 aliphatic heterocycles. The molecule has 1 unspecified atom stereocenters. The monoisotopic (exact) mass is 300 g/mol. The summed E-state index contributed by atoms with van der Waals surface area (Å²) in [5.74, 6) is -0.00979. The van der Waals surface area contributed by atoms with Gasteiger partial charge in [0, 0.05) is 12.6 Å². The van der Waals surface area contributed by atoms with Gasteiger partial charge in [-0.2, -0.15) is 0 Å². The Morgan fingerprint density at radius 3 is 2.29 bits per heavy atom. The Morgan fingerprint density at radius 1 is 1.24 bits per heavy atom. The highest BCUT2D eigenvalue weighted by molar-refractivity contribution is 5.77. The summed E-state index contributed by atoms with van der Waals surface area (Å²) in [6.07, 6.45) is 0.936. The number of carboxylic acids is 1. The Bertz CT molecular complexity index is 348. The van der Waals surface area contributed by atoms with Crippen LogP contribution in [0, 0.1) is 11.8 Å². The zero-order chi connectivity index (χ0) is 16.0. The molecular formula is C15H28N2O4. The van der Waals surface area contributed by atoms with Crippen molar-refractivity contribution in [2.75, 3.05) is 19.7 Å². The van der Waals surface area contributed by atoms with E-state index in [0.29, 0.717) is 18.4 Å². The largest absolute Gasteiger partial charge is 0.479 e. The summed E-state index contributed by atoms with van der Waals surface area (Å²) >= 11 is 0. The Morgan fingerprint density at radius 2 is 1.81 bits per heavy atom. The first kappa shape index (κ1) is 17.8. The number of amides is 2. The molecule has 2 N–H and O–H groups in total. The molecule has 1 saturated heterocycles. The molecule has 1 aliphatic rings. The fourth-order valence-corrected chi connectivity index (χ4v) is 2.60. The highest BCUT2D eigenvalue weighted by atomic mass is 16.5. The van der Waals surface area contributed by atoms with E-state index in [9.17, 15) is 9.59 Å². The Hall–Kier alpha value is -1.30. The van der Waals surface area contributed by atoms with Crippen LogP contribution >= 0.6 is 0 Å². The summed E-state index contributed by atoms with van der Waals surface area (Å²) in [4.78, 5) is 24.8. The van der Waals surface area contributed by atoms with E-state index in [0.717, 1.165) is 12.8 Å². The van der Waals surface area contributed by atoms with Gasteiger partial charge in [-0.15, -0.1) is 0 Å². The first-order chi connectivity index (χ1) is 9.79. The molecule has 1 rings (SSSR count). The number of rotatable bonds is 6. The van der Waals surface area contributed by atoms with Crippen LogP contribution in [0.3, 0.4) is 0 Å². The molecule has 1 heterocycles. The van der Waals surface area contributed by atoms with E-state index in [1.165, 1.54) is 4.90 Å². The first-order valence-corrected chi connectivity index (χ1v) is 7.69. The lowest BCUT2D eigenvalue weighted by atomic mass is 9.96. The van der Waals surface area contributed by atoms with Crippen LogP contribution in [-0.4, -0.2) is 53.8 Å². The van der Waals surface area contributed by atoms with E-state index in [-0.39, 0.29) is 25.2 Å². The molecule has 0 aromatic heterocycles. The molecule has 0 aromatic rings. The van der Waals surface area contributed by atoms with Gasteiger partial charge in [0.05, 0.1) is 13.2 Å². The molecule has 6 heteroatoms. The number of nitrogens with zero attached hydrogens (tertiary/aromatic N) is 1. The highest BCUT2D eigenvalue weighted by Crippen LogP contribution is 2.14. The highest BCUT2D eigenvalue weighted by Gasteiger charge is 2.29. The lowest BCUT2D eigenvalue weighted by molar-refractivity contribution is -0.154. The van der Waals surface area contributed by atoms with Crippen LogP contribution in [0.4, 0.5) is 4.79 Å². The van der Waals surface area contributed by atoms with Crippen molar-refractivity contribution >= 4 is 12.0 Å². The van der Waals surface area contributed by atoms with Crippen LogP contribution in [-0.2, 0) is 9.53 Å². The van der Waals surface area contributed by atoms with Gasteiger partial charge in [0.1, 0.15) is 0 Å². The minimum atomic E-state index is -1.02. The molecule has 6 nitrogen and oxygen atoms in total. The van der Waals surface area contributed by atoms with Gasteiger partial charge in [0.25, 0.3) is 0 Å². The van der Waals surface area contributed by atoms with Crippen molar-refractivity contribution in [1.29, 1.82) is 0 Å². The third-order valence-corrected chi connectivity index (χ3v) is 3.47. The fourth-order valence-electron chi connectivity index (χ4n) is 2.60. The Labute approximate surface area is 126 Å². The van der Waals surface area contributed by atoms with Crippen LogP contribution in [0.1, 0.15) is 40.5 Å². The predicted molar refractivity (Wildman–Crippen MR) is 80.2 cm³/mol. The number of aliphatic carboxylic acids is 1. The van der Waals surface area contributed by atoms with Gasteiger partial charge >= 0.3 is 12.0 Å². The van der Waals surface area contributed by atoms with E-state index in [2.05, 4.69) is 33.0 Å². The summed E-state index contributed by atoms with van der Waals surface area (Å²) in [6, 6.07) is -0.0560. The van der Waals surface area contributed by atoms with E-state index in [1.54, 1.807) is 0 Å². The molecule has 21 heavy (non-hydrogen) atoms. The summed E-state index contributed by atoms with van der Waals surface area (Å²) in [7, 11) is 0. The second-order valence-corrected chi connectivity index (χ2v) is 6.55. The van der Waals surface area contributed by atoms with Gasteiger partial charge in [-0.25, -0.2) is 9.59 Å². The molecule has 0 radical (unpaired) electrons. The molecule has 0 spiro atoms. The maximum atomic E-state index is 12.3. The molecule has 1 atom stereocenters. The number of hydrogen-bond donors (Lipinski definition) is 2. The number of nitrogens with one attached hydrogen (secondary N) is 1. The Balaban J connectivity index is 2.57. The number of ether oxygens (including phenoxy) is 1. The number of carboxylic acid groups (broad SMARTS) is 1. The zero-order valence-electron chi connectivity index (χ0n) is 13.5. The standard InChI is InChI=1S/C15H28N2O4/c1-10(2)7-12(8-11(3)4)16-15(20)17-5-6-21-13(9-17)14(18)19/h10-13H,5-9H2,1-4H3,(H,16,20)(H,18,19). The summed E-state index contributed by atoms with van der Waals surface area (Å²) in [5, 5.41) is 12.0. The summed E-state index contributed by atoms with van der Waals surface area (Å²) in [6.45, 7) is 9.35. The average Bonchev–Trinajstić information content (AvgIpc) is 2.37. The minimum absolute atomic E-state index is 0.108. The number of carbonyl (C=O) groups is 2. The molecule has 122 valence electrons. The quantitative estimate of drug-likeness (QED) is 0.786. The first-order valence-electron chi connectivity index (χ1n) is 7.69. The second-order valence-electron chi connectivity index (χ2n) is 6.55. The van der Waals surface area contributed by atoms with E-state index < -0.39 is 12.1 Å². The summed E-state index contributed by atoms with van der Waals surface area (Å²) in [5.41, 5.74) is 0.